The van der Waals surface area contributed by atoms with Crippen LogP contribution in [0.25, 0.3) is 0 Å². The number of aliphatic hydroxyl groups excluding tert-OH is 1. The highest BCUT2D eigenvalue weighted by atomic mass is 16.6. The molecule has 0 radical (unpaired) electrons. The first-order chi connectivity index (χ1) is 10.6. The van der Waals surface area contributed by atoms with Gasteiger partial charge in [-0.05, 0) is 18.6 Å². The molecule has 0 aliphatic carbocycles. The molecule has 2 aliphatic rings. The number of hydrogen-bond donors (Lipinski definition) is 1. The minimum absolute atomic E-state index is 0.106. The molecule has 0 bridgehead atoms. The molecule has 0 saturated carbocycles. The normalized spacial score (nSPS) is 26.0. The average molecular weight is 307 g/mol. The summed E-state index contributed by atoms with van der Waals surface area (Å²) in [5, 5.41) is 10.6. The molecule has 1 aromatic carbocycles. The van der Waals surface area contributed by atoms with E-state index in [0.717, 1.165) is 0 Å². The molecule has 0 spiro atoms. The first-order valence-corrected chi connectivity index (χ1v) is 7.06. The van der Waals surface area contributed by atoms with Gasteiger partial charge in [-0.2, -0.15) is 0 Å². The van der Waals surface area contributed by atoms with Crippen molar-refractivity contribution in [1.82, 2.24) is 4.90 Å². The fourth-order valence-electron chi connectivity index (χ4n) is 3.11. The summed E-state index contributed by atoms with van der Waals surface area (Å²) in [4.78, 5) is 25.5. The molecular weight excluding hydrogens is 290 g/mol. The third kappa shape index (κ3) is 2.00. The molecule has 118 valence electrons. The maximum absolute atomic E-state index is 12.2. The van der Waals surface area contributed by atoms with E-state index >= 15 is 0 Å². The number of benzene rings is 1. The lowest BCUT2D eigenvalue weighted by atomic mass is 9.86. The van der Waals surface area contributed by atoms with Crippen molar-refractivity contribution < 1.29 is 28.9 Å². The topological polar surface area (TPSA) is 85.3 Å². The Hall–Kier alpha value is -2.28. The number of amides is 1. The van der Waals surface area contributed by atoms with Gasteiger partial charge in [-0.15, -0.1) is 0 Å². The van der Waals surface area contributed by atoms with Gasteiger partial charge < -0.3 is 19.3 Å². The lowest BCUT2D eigenvalue weighted by Crippen LogP contribution is -2.51. The monoisotopic (exact) mass is 307 g/mol. The summed E-state index contributed by atoms with van der Waals surface area (Å²) in [7, 11) is 1.52. The molecule has 3 unspecified atom stereocenters. The van der Waals surface area contributed by atoms with Crippen LogP contribution in [0.5, 0.6) is 5.75 Å². The van der Waals surface area contributed by atoms with Crippen LogP contribution < -0.4 is 4.74 Å². The van der Waals surface area contributed by atoms with E-state index in [4.69, 9.17) is 14.2 Å². The zero-order valence-corrected chi connectivity index (χ0v) is 12.3. The van der Waals surface area contributed by atoms with Crippen LogP contribution >= 0.6 is 0 Å². The summed E-state index contributed by atoms with van der Waals surface area (Å²) in [6.45, 7) is 1.94. The van der Waals surface area contributed by atoms with Gasteiger partial charge in [0.15, 0.2) is 6.04 Å². The van der Waals surface area contributed by atoms with Gasteiger partial charge in [0.05, 0.1) is 19.8 Å². The van der Waals surface area contributed by atoms with Gasteiger partial charge in [-0.25, -0.2) is 9.59 Å². The summed E-state index contributed by atoms with van der Waals surface area (Å²) in [6, 6.07) is 3.61. The minimum atomic E-state index is -1.19. The van der Waals surface area contributed by atoms with Crippen LogP contribution in [0, 0.1) is 0 Å². The summed E-state index contributed by atoms with van der Waals surface area (Å²) < 4.78 is 15.4. The number of methoxy groups -OCH3 is 1. The molecule has 7 nitrogen and oxygen atoms in total. The van der Waals surface area contributed by atoms with E-state index < -0.39 is 30.3 Å². The molecule has 3 atom stereocenters. The maximum atomic E-state index is 12.2. The van der Waals surface area contributed by atoms with E-state index in [0.29, 0.717) is 16.9 Å². The van der Waals surface area contributed by atoms with Crippen LogP contribution in [0.3, 0.4) is 0 Å². The average Bonchev–Trinajstić information content (AvgIpc) is 2.89. The van der Waals surface area contributed by atoms with Crippen LogP contribution in [0.4, 0.5) is 4.79 Å². The van der Waals surface area contributed by atoms with Crippen LogP contribution in [-0.2, 0) is 14.3 Å². The second-order valence-corrected chi connectivity index (χ2v) is 5.10. The Kier molecular flexibility index (Phi) is 3.66. The van der Waals surface area contributed by atoms with Crippen LogP contribution in [0.2, 0.25) is 0 Å². The highest BCUT2D eigenvalue weighted by molar-refractivity contribution is 5.85. The molecule has 1 N–H and O–H groups in total. The van der Waals surface area contributed by atoms with E-state index in [1.54, 1.807) is 25.1 Å². The fraction of sp³-hybridized carbons (Fsp3) is 0.467. The van der Waals surface area contributed by atoms with Crippen molar-refractivity contribution in [3.8, 4) is 5.75 Å². The minimum Gasteiger partial charge on any atom is -0.496 e. The van der Waals surface area contributed by atoms with Gasteiger partial charge in [-0.1, -0.05) is 12.1 Å². The molecule has 7 heteroatoms. The van der Waals surface area contributed by atoms with E-state index in [2.05, 4.69) is 0 Å². The summed E-state index contributed by atoms with van der Waals surface area (Å²) in [6.07, 6.45) is -1.83. The number of hydrogen-bond acceptors (Lipinski definition) is 6. The van der Waals surface area contributed by atoms with E-state index in [1.165, 1.54) is 12.0 Å². The number of cyclic esters (lactones) is 1. The third-order valence-electron chi connectivity index (χ3n) is 4.01. The van der Waals surface area contributed by atoms with Crippen molar-refractivity contribution in [2.75, 3.05) is 20.3 Å². The van der Waals surface area contributed by atoms with Gasteiger partial charge in [0.1, 0.15) is 18.5 Å². The second-order valence-electron chi connectivity index (χ2n) is 5.10. The van der Waals surface area contributed by atoms with Crippen molar-refractivity contribution in [2.45, 2.75) is 25.1 Å². The van der Waals surface area contributed by atoms with E-state index in [-0.39, 0.29) is 13.2 Å². The van der Waals surface area contributed by atoms with Crippen LogP contribution in [0.1, 0.15) is 30.2 Å². The largest absolute Gasteiger partial charge is 0.496 e. The molecule has 1 saturated heterocycles. The quantitative estimate of drug-likeness (QED) is 0.844. The summed E-state index contributed by atoms with van der Waals surface area (Å²) in [5.74, 6) is -0.0977. The number of ether oxygens (including phenoxy) is 3. The smallest absolute Gasteiger partial charge is 0.411 e. The van der Waals surface area contributed by atoms with E-state index in [9.17, 15) is 14.7 Å². The number of esters is 1. The Morgan fingerprint density at radius 3 is 2.95 bits per heavy atom. The Labute approximate surface area is 127 Å². The van der Waals surface area contributed by atoms with Crippen molar-refractivity contribution >= 4 is 12.1 Å². The second kappa shape index (κ2) is 5.49. The van der Waals surface area contributed by atoms with Crippen molar-refractivity contribution in [1.29, 1.82) is 0 Å². The fourth-order valence-corrected chi connectivity index (χ4v) is 3.11. The standard InChI is InChI=1S/C15H17NO6/c1-3-21-14(18)12-13(17)8-5-4-6-10(20-2)11(8)9-7-22-15(19)16(9)12/h4-6,9,12-13,17H,3,7H2,1-2H3. The summed E-state index contributed by atoms with van der Waals surface area (Å²) >= 11 is 0. The first-order valence-electron chi connectivity index (χ1n) is 7.06. The third-order valence-corrected chi connectivity index (χ3v) is 4.01. The molecule has 0 aromatic heterocycles. The molecular formula is C15H17NO6. The predicted molar refractivity (Wildman–Crippen MR) is 74.3 cm³/mol. The molecule has 3 rings (SSSR count). The highest BCUT2D eigenvalue weighted by Crippen LogP contribution is 2.46. The summed E-state index contributed by atoms with van der Waals surface area (Å²) in [5.41, 5.74) is 1.22. The number of fused-ring (bicyclic) bond motifs is 3. The Balaban J connectivity index is 2.13. The van der Waals surface area contributed by atoms with Crippen LogP contribution in [-0.4, -0.2) is 48.4 Å². The molecule has 1 fully saturated rings. The Morgan fingerprint density at radius 1 is 1.50 bits per heavy atom. The van der Waals surface area contributed by atoms with E-state index in [1.807, 2.05) is 0 Å². The zero-order chi connectivity index (χ0) is 15.9. The lowest BCUT2D eigenvalue weighted by molar-refractivity contribution is -0.154. The molecule has 1 amide bonds. The van der Waals surface area contributed by atoms with Crippen molar-refractivity contribution in [3.05, 3.63) is 29.3 Å². The zero-order valence-electron chi connectivity index (χ0n) is 12.3. The lowest BCUT2D eigenvalue weighted by Gasteiger charge is -2.39. The first kappa shape index (κ1) is 14.6. The van der Waals surface area contributed by atoms with Gasteiger partial charge >= 0.3 is 12.1 Å². The number of carbonyl (C=O) groups is 2. The Morgan fingerprint density at radius 2 is 2.27 bits per heavy atom. The van der Waals surface area contributed by atoms with Gasteiger partial charge in [0.25, 0.3) is 0 Å². The molecule has 22 heavy (non-hydrogen) atoms. The Bertz CT molecular complexity index is 616. The molecule has 1 aromatic rings. The van der Waals surface area contributed by atoms with Crippen molar-refractivity contribution in [3.63, 3.8) is 0 Å². The highest BCUT2D eigenvalue weighted by Gasteiger charge is 2.52. The van der Waals surface area contributed by atoms with Crippen molar-refractivity contribution in [2.24, 2.45) is 0 Å². The number of rotatable bonds is 3. The number of aliphatic hydroxyl groups is 1. The molecule has 2 aliphatic heterocycles. The number of nitrogens with zero attached hydrogens (tertiary/aromatic N) is 1. The maximum Gasteiger partial charge on any atom is 0.411 e. The van der Waals surface area contributed by atoms with Gasteiger partial charge in [0, 0.05) is 5.56 Å². The number of carbonyl (C=O) groups excluding carboxylic acids is 2. The SMILES string of the molecule is CCOC(=O)C1C(O)c2cccc(OC)c2C2COC(=O)N21. The van der Waals surface area contributed by atoms with Gasteiger partial charge in [0.2, 0.25) is 0 Å². The van der Waals surface area contributed by atoms with Gasteiger partial charge in [-0.3, -0.25) is 4.90 Å². The van der Waals surface area contributed by atoms with Crippen LogP contribution in [0.15, 0.2) is 18.2 Å². The molecule has 2 heterocycles. The predicted octanol–water partition coefficient (Wildman–Crippen LogP) is 1.17.